The van der Waals surface area contributed by atoms with Gasteiger partial charge in [0.1, 0.15) is 5.69 Å². The third kappa shape index (κ3) is 5.76. The number of carbonyl (C=O) groups is 1. The molecule has 0 aliphatic heterocycles. The molecule has 1 aromatic carbocycles. The first-order valence-electron chi connectivity index (χ1n) is 8.99. The Bertz CT molecular complexity index is 1030. The fraction of sp³-hybridized carbons (Fsp3) is 0.444. The molecule has 0 aliphatic rings. The molecular weight excluding hydrogens is 398 g/mol. The molecule has 1 amide bonds. The molecule has 1 aromatic heterocycles. The maximum Gasteiger partial charge on any atom is 0.293 e. The number of sulfone groups is 1. The van der Waals surface area contributed by atoms with Crippen molar-refractivity contribution in [2.75, 3.05) is 24.7 Å². The largest absolute Gasteiger partial charge is 0.378 e. The Balaban J connectivity index is 1.87. The molecule has 158 valence electrons. The number of hydrogen-bond donors (Lipinski definition) is 2. The number of anilines is 1. The van der Waals surface area contributed by atoms with Crippen molar-refractivity contribution in [1.82, 2.24) is 15.1 Å². The van der Waals surface area contributed by atoms with Gasteiger partial charge in [-0.15, -0.1) is 0 Å². The summed E-state index contributed by atoms with van der Waals surface area (Å²) in [6, 6.07) is 3.68. The Labute approximate surface area is 169 Å². The van der Waals surface area contributed by atoms with Crippen LogP contribution in [-0.4, -0.2) is 48.4 Å². The molecule has 2 N–H and O–H groups in total. The van der Waals surface area contributed by atoms with E-state index in [-0.39, 0.29) is 35.3 Å². The van der Waals surface area contributed by atoms with E-state index in [1.165, 1.54) is 12.1 Å². The van der Waals surface area contributed by atoms with Crippen LogP contribution >= 0.6 is 0 Å². The van der Waals surface area contributed by atoms with Gasteiger partial charge in [0.05, 0.1) is 15.5 Å². The van der Waals surface area contributed by atoms with Crippen molar-refractivity contribution in [3.63, 3.8) is 0 Å². The molecule has 0 unspecified atom stereocenters. The quantitative estimate of drug-likeness (QED) is 0.354. The normalized spacial score (nSPS) is 11.3. The predicted molar refractivity (Wildman–Crippen MR) is 109 cm³/mol. The summed E-state index contributed by atoms with van der Waals surface area (Å²) in [5.74, 6) is -0.128. The van der Waals surface area contributed by atoms with Crippen molar-refractivity contribution in [3.05, 3.63) is 45.3 Å². The minimum Gasteiger partial charge on any atom is -0.378 e. The van der Waals surface area contributed by atoms with Crippen LogP contribution in [0.4, 0.5) is 11.4 Å². The Morgan fingerprint density at radius 2 is 1.97 bits per heavy atom. The molecule has 0 saturated heterocycles. The molecule has 0 bridgehead atoms. The molecule has 2 aromatic rings. The average Bonchev–Trinajstić information content (AvgIpc) is 2.87. The highest BCUT2D eigenvalue weighted by Crippen LogP contribution is 2.27. The molecule has 11 heteroatoms. The summed E-state index contributed by atoms with van der Waals surface area (Å²) in [7, 11) is -1.68. The van der Waals surface area contributed by atoms with Gasteiger partial charge in [-0.1, -0.05) is 0 Å². The minimum absolute atomic E-state index is 0.121. The van der Waals surface area contributed by atoms with Crippen molar-refractivity contribution in [2.24, 2.45) is 7.05 Å². The molecule has 0 fully saturated rings. The highest BCUT2D eigenvalue weighted by molar-refractivity contribution is 7.90. The van der Waals surface area contributed by atoms with Gasteiger partial charge in [-0.3, -0.25) is 19.6 Å². The number of benzene rings is 1. The first-order chi connectivity index (χ1) is 13.5. The fourth-order valence-electron chi connectivity index (χ4n) is 2.95. The van der Waals surface area contributed by atoms with Gasteiger partial charge >= 0.3 is 0 Å². The van der Waals surface area contributed by atoms with Crippen molar-refractivity contribution >= 4 is 27.1 Å². The number of nitro groups is 1. The number of amides is 1. The lowest BCUT2D eigenvalue weighted by Gasteiger charge is -2.09. The summed E-state index contributed by atoms with van der Waals surface area (Å²) in [6.07, 6.45) is 1.89. The Kier molecular flexibility index (Phi) is 6.96. The van der Waals surface area contributed by atoms with Crippen LogP contribution in [0.25, 0.3) is 0 Å². The van der Waals surface area contributed by atoms with E-state index < -0.39 is 14.8 Å². The second kappa shape index (κ2) is 9.03. The highest BCUT2D eigenvalue weighted by Gasteiger charge is 2.18. The van der Waals surface area contributed by atoms with Crippen LogP contribution < -0.4 is 10.6 Å². The topological polar surface area (TPSA) is 136 Å². The van der Waals surface area contributed by atoms with Crippen molar-refractivity contribution in [2.45, 2.75) is 31.6 Å². The first-order valence-corrected chi connectivity index (χ1v) is 10.9. The second-order valence-corrected chi connectivity index (χ2v) is 8.77. The van der Waals surface area contributed by atoms with E-state index in [2.05, 4.69) is 15.7 Å². The standard InChI is InChI=1S/C18H25N5O5S/c1-12-15(13(2)22(3)21-12)6-8-18(24)20-10-9-19-16-7-5-14(29(4,27)28)11-17(16)23(25)26/h5,7,11,19H,6,8-10H2,1-4H3,(H,20,24). The monoisotopic (exact) mass is 423 g/mol. The van der Waals surface area contributed by atoms with Crippen molar-refractivity contribution in [3.8, 4) is 0 Å². The third-order valence-corrected chi connectivity index (χ3v) is 5.73. The van der Waals surface area contributed by atoms with Gasteiger partial charge in [-0.2, -0.15) is 5.10 Å². The van der Waals surface area contributed by atoms with E-state index in [4.69, 9.17) is 0 Å². The highest BCUT2D eigenvalue weighted by atomic mass is 32.2. The van der Waals surface area contributed by atoms with E-state index in [0.29, 0.717) is 12.8 Å². The van der Waals surface area contributed by atoms with E-state index >= 15 is 0 Å². The molecule has 29 heavy (non-hydrogen) atoms. The van der Waals surface area contributed by atoms with Gasteiger partial charge in [-0.05, 0) is 38.0 Å². The van der Waals surface area contributed by atoms with Gasteiger partial charge < -0.3 is 10.6 Å². The number of nitrogens with one attached hydrogen (secondary N) is 2. The zero-order valence-electron chi connectivity index (χ0n) is 16.9. The number of rotatable bonds is 9. The molecule has 0 radical (unpaired) electrons. The predicted octanol–water partition coefficient (Wildman–Crippen LogP) is 1.51. The van der Waals surface area contributed by atoms with Crippen LogP contribution in [0.3, 0.4) is 0 Å². The second-order valence-electron chi connectivity index (χ2n) is 6.76. The maximum atomic E-state index is 12.0. The van der Waals surface area contributed by atoms with Crippen LogP contribution in [0.1, 0.15) is 23.4 Å². The molecule has 2 rings (SSSR count). The number of carbonyl (C=O) groups excluding carboxylic acids is 1. The number of aryl methyl sites for hydroxylation is 2. The van der Waals surface area contributed by atoms with Gasteiger partial charge in [0.2, 0.25) is 5.91 Å². The number of hydrogen-bond acceptors (Lipinski definition) is 7. The van der Waals surface area contributed by atoms with Gasteiger partial charge in [-0.25, -0.2) is 8.42 Å². The summed E-state index contributed by atoms with van der Waals surface area (Å²) in [4.78, 5) is 22.5. The van der Waals surface area contributed by atoms with Crippen molar-refractivity contribution < 1.29 is 18.1 Å². The lowest BCUT2D eigenvalue weighted by Crippen LogP contribution is -2.29. The van der Waals surface area contributed by atoms with Crippen LogP contribution in [-0.2, 0) is 28.1 Å². The molecule has 10 nitrogen and oxygen atoms in total. The Hall–Kier alpha value is -2.95. The summed E-state index contributed by atoms with van der Waals surface area (Å²) >= 11 is 0. The minimum atomic E-state index is -3.54. The van der Waals surface area contributed by atoms with Gasteiger partial charge in [0, 0.05) is 44.6 Å². The maximum absolute atomic E-state index is 12.0. The van der Waals surface area contributed by atoms with E-state index in [0.717, 1.165) is 29.3 Å². The summed E-state index contributed by atoms with van der Waals surface area (Å²) in [5, 5.41) is 21.2. The SMILES string of the molecule is Cc1nn(C)c(C)c1CCC(=O)NCCNc1ccc(S(C)(=O)=O)cc1[N+](=O)[O-]. The smallest absolute Gasteiger partial charge is 0.293 e. The van der Waals surface area contributed by atoms with Crippen LogP contribution in [0.2, 0.25) is 0 Å². The third-order valence-electron chi connectivity index (χ3n) is 4.62. The van der Waals surface area contributed by atoms with Crippen LogP contribution in [0, 0.1) is 24.0 Å². The zero-order chi connectivity index (χ0) is 21.8. The zero-order valence-corrected chi connectivity index (χ0v) is 17.7. The molecule has 1 heterocycles. The molecule has 0 atom stereocenters. The van der Waals surface area contributed by atoms with Crippen molar-refractivity contribution in [1.29, 1.82) is 0 Å². The van der Waals surface area contributed by atoms with Gasteiger partial charge in [0.25, 0.3) is 5.69 Å². The summed E-state index contributed by atoms with van der Waals surface area (Å²) in [6.45, 7) is 4.40. The summed E-state index contributed by atoms with van der Waals surface area (Å²) < 4.78 is 24.9. The van der Waals surface area contributed by atoms with Crippen LogP contribution in [0.15, 0.2) is 23.1 Å². The molecule has 0 spiro atoms. The van der Waals surface area contributed by atoms with E-state index in [1.807, 2.05) is 20.9 Å². The van der Waals surface area contributed by atoms with Crippen LogP contribution in [0.5, 0.6) is 0 Å². The lowest BCUT2D eigenvalue weighted by molar-refractivity contribution is -0.384. The number of nitrogens with zero attached hydrogens (tertiary/aromatic N) is 3. The Morgan fingerprint density at radius 3 is 2.52 bits per heavy atom. The van der Waals surface area contributed by atoms with E-state index in [1.54, 1.807) is 4.68 Å². The Morgan fingerprint density at radius 1 is 1.28 bits per heavy atom. The number of aromatic nitrogens is 2. The molecule has 0 aliphatic carbocycles. The molecule has 0 saturated carbocycles. The fourth-order valence-corrected chi connectivity index (χ4v) is 3.59. The first kappa shape index (κ1) is 22.3. The molecular formula is C18H25N5O5S. The average molecular weight is 423 g/mol. The van der Waals surface area contributed by atoms with Gasteiger partial charge in [0.15, 0.2) is 9.84 Å². The number of nitro benzene ring substituents is 1. The lowest BCUT2D eigenvalue weighted by atomic mass is 10.1. The van der Waals surface area contributed by atoms with E-state index in [9.17, 15) is 23.3 Å². The summed E-state index contributed by atoms with van der Waals surface area (Å²) in [5.41, 5.74) is 2.86.